The molecule has 0 unspecified atom stereocenters. The summed E-state index contributed by atoms with van der Waals surface area (Å²) in [7, 11) is 0. The molecule has 5 nitrogen and oxygen atoms in total. The SMILES string of the molecule is Cc1cc([C@@H]2[C@H](c3ccccn3)NC(=S)N2c2ccccc2O)c(C)n1-c1ccccc1C(F)(F)F. The van der Waals surface area contributed by atoms with Crippen molar-refractivity contribution < 1.29 is 18.3 Å². The number of aromatic hydroxyl groups is 1. The van der Waals surface area contributed by atoms with E-state index in [0.717, 1.165) is 17.3 Å². The number of para-hydroxylation sites is 3. The van der Waals surface area contributed by atoms with E-state index in [1.165, 1.54) is 12.1 Å². The molecule has 0 spiro atoms. The summed E-state index contributed by atoms with van der Waals surface area (Å²) in [6, 6.07) is 19.0. The summed E-state index contributed by atoms with van der Waals surface area (Å²) in [6.45, 7) is 3.58. The summed E-state index contributed by atoms with van der Waals surface area (Å²) in [6.07, 6.45) is -2.82. The van der Waals surface area contributed by atoms with Gasteiger partial charge >= 0.3 is 6.18 Å². The normalized spacial score (nSPS) is 17.9. The smallest absolute Gasteiger partial charge is 0.418 e. The number of aryl methyl sites for hydroxylation is 1. The summed E-state index contributed by atoms with van der Waals surface area (Å²) in [5.41, 5.74) is 2.63. The minimum Gasteiger partial charge on any atom is -0.506 e. The summed E-state index contributed by atoms with van der Waals surface area (Å²) >= 11 is 5.70. The van der Waals surface area contributed by atoms with E-state index in [1.54, 1.807) is 54.9 Å². The zero-order chi connectivity index (χ0) is 25.6. The lowest BCUT2D eigenvalue weighted by molar-refractivity contribution is -0.137. The number of rotatable bonds is 4. The monoisotopic (exact) mass is 508 g/mol. The third kappa shape index (κ3) is 3.99. The molecule has 9 heteroatoms. The number of anilines is 1. The molecule has 184 valence electrons. The van der Waals surface area contributed by atoms with Gasteiger partial charge in [-0.3, -0.25) is 4.98 Å². The zero-order valence-electron chi connectivity index (χ0n) is 19.5. The van der Waals surface area contributed by atoms with Gasteiger partial charge < -0.3 is 19.9 Å². The van der Waals surface area contributed by atoms with Gasteiger partial charge in [-0.25, -0.2) is 0 Å². The predicted octanol–water partition coefficient (Wildman–Crippen LogP) is 6.39. The molecule has 0 amide bonds. The number of aromatic nitrogens is 2. The Balaban J connectivity index is 1.72. The number of nitrogens with zero attached hydrogens (tertiary/aromatic N) is 3. The maximum atomic E-state index is 13.9. The molecule has 1 saturated heterocycles. The van der Waals surface area contributed by atoms with Crippen LogP contribution in [0.25, 0.3) is 5.69 Å². The van der Waals surface area contributed by atoms with Crippen molar-refractivity contribution in [3.05, 3.63) is 107 Å². The number of hydrogen-bond donors (Lipinski definition) is 2. The van der Waals surface area contributed by atoms with Crippen LogP contribution in [0.3, 0.4) is 0 Å². The number of phenolic OH excluding ortho intramolecular Hbond substituents is 1. The topological polar surface area (TPSA) is 53.3 Å². The molecule has 1 aliphatic rings. The zero-order valence-corrected chi connectivity index (χ0v) is 20.3. The first-order valence-corrected chi connectivity index (χ1v) is 11.7. The summed E-state index contributed by atoms with van der Waals surface area (Å²) in [5.74, 6) is 0.0459. The molecule has 3 heterocycles. The van der Waals surface area contributed by atoms with E-state index >= 15 is 0 Å². The first-order valence-electron chi connectivity index (χ1n) is 11.3. The third-order valence-electron chi connectivity index (χ3n) is 6.48. The second kappa shape index (κ2) is 8.98. The summed E-state index contributed by atoms with van der Waals surface area (Å²) in [5, 5.41) is 14.4. The number of halogens is 3. The lowest BCUT2D eigenvalue weighted by Crippen LogP contribution is -2.29. The molecule has 0 saturated carbocycles. The third-order valence-corrected chi connectivity index (χ3v) is 6.79. The molecule has 0 bridgehead atoms. The Labute approximate surface area is 211 Å². The van der Waals surface area contributed by atoms with Crippen LogP contribution in [-0.2, 0) is 6.18 Å². The van der Waals surface area contributed by atoms with E-state index in [-0.39, 0.29) is 11.4 Å². The highest BCUT2D eigenvalue weighted by molar-refractivity contribution is 7.80. The van der Waals surface area contributed by atoms with Crippen molar-refractivity contribution in [2.75, 3.05) is 4.90 Å². The lowest BCUT2D eigenvalue weighted by Gasteiger charge is -2.28. The molecule has 1 fully saturated rings. The van der Waals surface area contributed by atoms with Crippen molar-refractivity contribution in [2.45, 2.75) is 32.1 Å². The molecule has 4 aromatic rings. The lowest BCUT2D eigenvalue weighted by atomic mass is 9.96. The second-order valence-electron chi connectivity index (χ2n) is 8.66. The first kappa shape index (κ1) is 23.9. The molecule has 0 radical (unpaired) electrons. The number of phenols is 1. The average Bonchev–Trinajstić information content (AvgIpc) is 3.34. The second-order valence-corrected chi connectivity index (χ2v) is 9.05. The summed E-state index contributed by atoms with van der Waals surface area (Å²) < 4.78 is 43.3. The van der Waals surface area contributed by atoms with E-state index in [2.05, 4.69) is 10.3 Å². The van der Waals surface area contributed by atoms with Gasteiger partial charge in [0.15, 0.2) is 5.11 Å². The Bertz CT molecular complexity index is 1430. The Morgan fingerprint density at radius 3 is 2.28 bits per heavy atom. The number of benzene rings is 2. The quantitative estimate of drug-likeness (QED) is 0.313. The Morgan fingerprint density at radius 1 is 0.944 bits per heavy atom. The van der Waals surface area contributed by atoms with Gasteiger partial charge in [-0.15, -0.1) is 0 Å². The van der Waals surface area contributed by atoms with Gasteiger partial charge in [0.25, 0.3) is 0 Å². The fourth-order valence-electron chi connectivity index (χ4n) is 4.96. The predicted molar refractivity (Wildman–Crippen MR) is 136 cm³/mol. The minimum absolute atomic E-state index is 0.0459. The molecule has 0 aliphatic carbocycles. The highest BCUT2D eigenvalue weighted by Crippen LogP contribution is 2.46. The van der Waals surface area contributed by atoms with Crippen molar-refractivity contribution in [3.63, 3.8) is 0 Å². The van der Waals surface area contributed by atoms with E-state index in [1.807, 2.05) is 29.2 Å². The number of hydrogen-bond acceptors (Lipinski definition) is 3. The number of nitrogens with one attached hydrogen (secondary N) is 1. The molecular formula is C27H23F3N4OS. The number of alkyl halides is 3. The van der Waals surface area contributed by atoms with Crippen molar-refractivity contribution >= 4 is 23.0 Å². The van der Waals surface area contributed by atoms with Crippen LogP contribution in [0.5, 0.6) is 5.75 Å². The van der Waals surface area contributed by atoms with Crippen LogP contribution in [0.1, 0.15) is 40.3 Å². The maximum absolute atomic E-state index is 13.9. The van der Waals surface area contributed by atoms with Crippen LogP contribution in [-0.4, -0.2) is 19.8 Å². The average molecular weight is 509 g/mol. The molecule has 5 rings (SSSR count). The Kier molecular flexibility index (Phi) is 5.96. The molecule has 36 heavy (non-hydrogen) atoms. The van der Waals surface area contributed by atoms with Crippen LogP contribution >= 0.6 is 12.2 Å². The van der Waals surface area contributed by atoms with Gasteiger partial charge in [-0.1, -0.05) is 30.3 Å². The van der Waals surface area contributed by atoms with Crippen LogP contribution in [0.4, 0.5) is 18.9 Å². The summed E-state index contributed by atoms with van der Waals surface area (Å²) in [4.78, 5) is 6.33. The molecule has 2 aromatic carbocycles. The van der Waals surface area contributed by atoms with Gasteiger partial charge in [-0.05, 0) is 74.1 Å². The van der Waals surface area contributed by atoms with Gasteiger partial charge in [-0.2, -0.15) is 13.2 Å². The largest absolute Gasteiger partial charge is 0.506 e. The molecule has 2 atom stereocenters. The van der Waals surface area contributed by atoms with Crippen molar-refractivity contribution in [2.24, 2.45) is 0 Å². The highest BCUT2D eigenvalue weighted by Gasteiger charge is 2.43. The maximum Gasteiger partial charge on any atom is 0.418 e. The first-order chi connectivity index (χ1) is 17.2. The number of thiocarbonyl (C=S) groups is 1. The fourth-order valence-corrected chi connectivity index (χ4v) is 5.30. The Morgan fingerprint density at radius 2 is 1.61 bits per heavy atom. The van der Waals surface area contributed by atoms with Gasteiger partial charge in [0.1, 0.15) is 5.75 Å². The van der Waals surface area contributed by atoms with E-state index < -0.39 is 23.8 Å². The van der Waals surface area contributed by atoms with Crippen LogP contribution in [0, 0.1) is 13.8 Å². The van der Waals surface area contributed by atoms with Crippen molar-refractivity contribution in [1.29, 1.82) is 0 Å². The Hall–Kier alpha value is -3.85. The molecular weight excluding hydrogens is 485 g/mol. The fraction of sp³-hybridized carbons (Fsp3) is 0.185. The van der Waals surface area contributed by atoms with Gasteiger partial charge in [0, 0.05) is 17.6 Å². The number of pyridine rings is 1. The molecule has 2 aromatic heterocycles. The van der Waals surface area contributed by atoms with Crippen LogP contribution in [0.2, 0.25) is 0 Å². The minimum atomic E-state index is -4.51. The van der Waals surface area contributed by atoms with Gasteiger partial charge in [0.05, 0.1) is 34.7 Å². The molecule has 2 N–H and O–H groups in total. The molecule has 1 aliphatic heterocycles. The highest BCUT2D eigenvalue weighted by atomic mass is 32.1. The van der Waals surface area contributed by atoms with Crippen LogP contribution in [0.15, 0.2) is 79.0 Å². The van der Waals surface area contributed by atoms with Crippen LogP contribution < -0.4 is 10.2 Å². The van der Waals surface area contributed by atoms with E-state index in [9.17, 15) is 18.3 Å². The standard InChI is InChI=1S/C27H23F3N4OS/c1-16-15-18(17(2)33(16)21-11-4-3-9-19(21)27(28,29)30)25-24(20-10-7-8-14-31-20)32-26(36)34(25)22-12-5-6-13-23(22)35/h3-15,24-25,35H,1-2H3,(H,32,36)/t24-,25+/m0/s1. The van der Waals surface area contributed by atoms with Crippen molar-refractivity contribution in [1.82, 2.24) is 14.9 Å². The van der Waals surface area contributed by atoms with E-state index in [4.69, 9.17) is 12.2 Å². The van der Waals surface area contributed by atoms with E-state index in [0.29, 0.717) is 22.2 Å². The van der Waals surface area contributed by atoms with Crippen molar-refractivity contribution in [3.8, 4) is 11.4 Å². The van der Waals surface area contributed by atoms with Gasteiger partial charge in [0.2, 0.25) is 0 Å².